The smallest absolute Gasteiger partial charge is 0.0884 e. The van der Waals surface area contributed by atoms with Gasteiger partial charge in [-0.2, -0.15) is 0 Å². The molecule has 0 saturated heterocycles. The van der Waals surface area contributed by atoms with Crippen molar-refractivity contribution < 1.29 is 9.84 Å². The highest BCUT2D eigenvalue weighted by atomic mass is 16.5. The summed E-state index contributed by atoms with van der Waals surface area (Å²) in [5.74, 6) is 0.634. The van der Waals surface area contributed by atoms with Gasteiger partial charge in [-0.05, 0) is 33.1 Å². The number of rotatable bonds is 9. The second kappa shape index (κ2) is 8.08. The molecule has 0 radical (unpaired) electrons. The Balaban J connectivity index is 4.11. The summed E-state index contributed by atoms with van der Waals surface area (Å²) in [6.07, 6.45) is 5.39. The van der Waals surface area contributed by atoms with Gasteiger partial charge in [0.25, 0.3) is 0 Å². The van der Waals surface area contributed by atoms with Gasteiger partial charge >= 0.3 is 0 Å². The van der Waals surface area contributed by atoms with Crippen LogP contribution in [0.25, 0.3) is 0 Å². The first-order chi connectivity index (χ1) is 7.47. The highest BCUT2D eigenvalue weighted by Gasteiger charge is 2.29. The van der Waals surface area contributed by atoms with Gasteiger partial charge in [0.15, 0.2) is 0 Å². The lowest BCUT2D eigenvalue weighted by Gasteiger charge is -2.32. The molecule has 2 nitrogen and oxygen atoms in total. The van der Waals surface area contributed by atoms with E-state index in [1.807, 2.05) is 20.8 Å². The number of hydrogen-bond donors (Lipinski definition) is 1. The molecule has 0 aliphatic carbocycles. The number of unbranched alkanes of at least 4 members (excludes halogenated alkanes) is 1. The van der Waals surface area contributed by atoms with Gasteiger partial charge in [-0.25, -0.2) is 0 Å². The Morgan fingerprint density at radius 3 is 2.25 bits per heavy atom. The van der Waals surface area contributed by atoms with Crippen molar-refractivity contribution in [2.24, 2.45) is 5.92 Å². The summed E-state index contributed by atoms with van der Waals surface area (Å²) in [6, 6.07) is 0. The van der Waals surface area contributed by atoms with E-state index in [2.05, 4.69) is 13.8 Å². The molecule has 0 rings (SSSR count). The first kappa shape index (κ1) is 15.9. The van der Waals surface area contributed by atoms with E-state index in [0.29, 0.717) is 12.5 Å². The molecule has 0 aromatic rings. The van der Waals surface area contributed by atoms with E-state index in [9.17, 15) is 5.11 Å². The SMILES string of the molecule is CCCCC(CC)CC(O)C(C)(C)OCC. The van der Waals surface area contributed by atoms with E-state index in [1.54, 1.807) is 0 Å². The minimum Gasteiger partial charge on any atom is -0.390 e. The molecule has 0 bridgehead atoms. The zero-order valence-electron chi connectivity index (χ0n) is 11.8. The van der Waals surface area contributed by atoms with Crippen LogP contribution >= 0.6 is 0 Å². The Hall–Kier alpha value is -0.0800. The molecule has 2 heteroatoms. The minimum atomic E-state index is -0.408. The second-order valence-corrected chi connectivity index (χ2v) is 5.20. The fraction of sp³-hybridized carbons (Fsp3) is 1.00. The van der Waals surface area contributed by atoms with Crippen LogP contribution in [-0.2, 0) is 4.74 Å². The first-order valence-electron chi connectivity index (χ1n) is 6.79. The van der Waals surface area contributed by atoms with Gasteiger partial charge in [-0.15, -0.1) is 0 Å². The minimum absolute atomic E-state index is 0.353. The topological polar surface area (TPSA) is 29.5 Å². The van der Waals surface area contributed by atoms with Crippen molar-refractivity contribution in [2.45, 2.75) is 78.4 Å². The zero-order chi connectivity index (χ0) is 12.6. The third-order valence-electron chi connectivity index (χ3n) is 3.42. The normalized spacial score (nSPS) is 16.1. The van der Waals surface area contributed by atoms with Crippen LogP contribution in [-0.4, -0.2) is 23.4 Å². The van der Waals surface area contributed by atoms with Crippen LogP contribution in [0.3, 0.4) is 0 Å². The van der Waals surface area contributed by atoms with Crippen molar-refractivity contribution in [1.29, 1.82) is 0 Å². The Morgan fingerprint density at radius 1 is 1.19 bits per heavy atom. The lowest BCUT2D eigenvalue weighted by Crippen LogP contribution is -2.40. The number of hydrogen-bond acceptors (Lipinski definition) is 2. The highest BCUT2D eigenvalue weighted by molar-refractivity contribution is 4.80. The fourth-order valence-corrected chi connectivity index (χ4v) is 2.05. The van der Waals surface area contributed by atoms with Crippen molar-refractivity contribution in [3.8, 4) is 0 Å². The summed E-state index contributed by atoms with van der Waals surface area (Å²) in [7, 11) is 0. The molecule has 0 aliphatic rings. The summed E-state index contributed by atoms with van der Waals surface area (Å²) < 4.78 is 5.59. The highest BCUT2D eigenvalue weighted by Crippen LogP contribution is 2.25. The van der Waals surface area contributed by atoms with Crippen LogP contribution < -0.4 is 0 Å². The standard InChI is InChI=1S/C14H30O2/c1-6-9-10-12(7-2)11-13(15)14(4,5)16-8-3/h12-13,15H,6-11H2,1-5H3. The van der Waals surface area contributed by atoms with E-state index in [1.165, 1.54) is 19.3 Å². The predicted molar refractivity (Wildman–Crippen MR) is 69.6 cm³/mol. The number of aliphatic hydroxyl groups is 1. The van der Waals surface area contributed by atoms with Crippen molar-refractivity contribution >= 4 is 0 Å². The van der Waals surface area contributed by atoms with E-state index in [0.717, 1.165) is 12.8 Å². The van der Waals surface area contributed by atoms with E-state index < -0.39 is 5.60 Å². The van der Waals surface area contributed by atoms with Gasteiger partial charge in [0, 0.05) is 6.61 Å². The summed E-state index contributed by atoms with van der Waals surface area (Å²) in [5.41, 5.74) is -0.408. The van der Waals surface area contributed by atoms with E-state index >= 15 is 0 Å². The number of aliphatic hydroxyl groups excluding tert-OH is 1. The van der Waals surface area contributed by atoms with Gasteiger partial charge < -0.3 is 9.84 Å². The van der Waals surface area contributed by atoms with Crippen molar-refractivity contribution in [1.82, 2.24) is 0 Å². The third kappa shape index (κ3) is 5.86. The molecule has 98 valence electrons. The maximum absolute atomic E-state index is 10.2. The average Bonchev–Trinajstić information content (AvgIpc) is 2.23. The molecule has 16 heavy (non-hydrogen) atoms. The maximum Gasteiger partial charge on any atom is 0.0884 e. The van der Waals surface area contributed by atoms with Gasteiger partial charge in [0.2, 0.25) is 0 Å². The van der Waals surface area contributed by atoms with Crippen LogP contribution in [0.15, 0.2) is 0 Å². The molecule has 0 fully saturated rings. The van der Waals surface area contributed by atoms with Crippen LogP contribution in [0.1, 0.15) is 66.7 Å². The molecular formula is C14H30O2. The monoisotopic (exact) mass is 230 g/mol. The third-order valence-corrected chi connectivity index (χ3v) is 3.42. The predicted octanol–water partition coefficient (Wildman–Crippen LogP) is 3.77. The zero-order valence-corrected chi connectivity index (χ0v) is 11.8. The molecule has 0 amide bonds. The van der Waals surface area contributed by atoms with Crippen LogP contribution in [0.2, 0.25) is 0 Å². The van der Waals surface area contributed by atoms with Gasteiger partial charge in [-0.1, -0.05) is 39.5 Å². The Bertz CT molecular complexity index is 166. The lowest BCUT2D eigenvalue weighted by molar-refractivity contribution is -0.104. The van der Waals surface area contributed by atoms with Crippen molar-refractivity contribution in [3.63, 3.8) is 0 Å². The summed E-state index contributed by atoms with van der Waals surface area (Å²) in [4.78, 5) is 0. The Morgan fingerprint density at radius 2 is 1.81 bits per heavy atom. The molecule has 2 atom stereocenters. The molecule has 0 spiro atoms. The summed E-state index contributed by atoms with van der Waals surface area (Å²) in [6.45, 7) is 11.0. The molecule has 0 aliphatic heterocycles. The van der Waals surface area contributed by atoms with Crippen LogP contribution in [0, 0.1) is 5.92 Å². The Labute approximate surface area is 101 Å². The summed E-state index contributed by atoms with van der Waals surface area (Å²) >= 11 is 0. The molecular weight excluding hydrogens is 200 g/mol. The molecule has 0 saturated carbocycles. The molecule has 0 aromatic heterocycles. The van der Waals surface area contributed by atoms with Crippen molar-refractivity contribution in [3.05, 3.63) is 0 Å². The largest absolute Gasteiger partial charge is 0.390 e. The molecule has 1 N–H and O–H groups in total. The lowest BCUT2D eigenvalue weighted by atomic mass is 9.87. The van der Waals surface area contributed by atoms with Crippen molar-refractivity contribution in [2.75, 3.05) is 6.61 Å². The summed E-state index contributed by atoms with van der Waals surface area (Å²) in [5, 5.41) is 10.2. The van der Waals surface area contributed by atoms with E-state index in [4.69, 9.17) is 4.74 Å². The van der Waals surface area contributed by atoms with Crippen LogP contribution in [0.5, 0.6) is 0 Å². The molecule has 2 unspecified atom stereocenters. The first-order valence-corrected chi connectivity index (χ1v) is 6.79. The van der Waals surface area contributed by atoms with Gasteiger partial charge in [-0.3, -0.25) is 0 Å². The number of ether oxygens (including phenoxy) is 1. The second-order valence-electron chi connectivity index (χ2n) is 5.20. The maximum atomic E-state index is 10.2. The molecule has 0 aromatic carbocycles. The average molecular weight is 230 g/mol. The van der Waals surface area contributed by atoms with E-state index in [-0.39, 0.29) is 6.10 Å². The van der Waals surface area contributed by atoms with Crippen LogP contribution in [0.4, 0.5) is 0 Å². The van der Waals surface area contributed by atoms with Gasteiger partial charge in [0.1, 0.15) is 0 Å². The quantitative estimate of drug-likeness (QED) is 0.653. The fourth-order valence-electron chi connectivity index (χ4n) is 2.05. The molecule has 0 heterocycles. The Kier molecular flexibility index (Phi) is 8.04. The van der Waals surface area contributed by atoms with Gasteiger partial charge in [0.05, 0.1) is 11.7 Å².